The summed E-state index contributed by atoms with van der Waals surface area (Å²) in [6, 6.07) is 4.20. The zero-order valence-corrected chi connectivity index (χ0v) is 11.1. The smallest absolute Gasteiger partial charge is 0.287 e. The van der Waals surface area contributed by atoms with Crippen LogP contribution < -0.4 is 0 Å². The average Bonchev–Trinajstić information content (AvgIpc) is 2.79. The molecule has 0 bridgehead atoms. The Morgan fingerprint density at radius 1 is 1.00 bits per heavy atom. The molecule has 1 aromatic carbocycles. The van der Waals surface area contributed by atoms with Crippen molar-refractivity contribution in [3.8, 4) is 11.1 Å². The van der Waals surface area contributed by atoms with Crippen molar-refractivity contribution in [3.63, 3.8) is 0 Å². The molecule has 23 heavy (non-hydrogen) atoms. The van der Waals surface area contributed by atoms with E-state index >= 15 is 0 Å². The van der Waals surface area contributed by atoms with Gasteiger partial charge in [0, 0.05) is 28.9 Å². The molecule has 0 saturated heterocycles. The Morgan fingerprint density at radius 3 is 2.48 bits per heavy atom. The third kappa shape index (κ3) is 1.84. The lowest BCUT2D eigenvalue weighted by atomic mass is 10.0. The maximum absolute atomic E-state index is 14.2. The van der Waals surface area contributed by atoms with E-state index in [2.05, 4.69) is 15.0 Å². The van der Waals surface area contributed by atoms with Crippen LogP contribution >= 0.6 is 0 Å². The monoisotopic (exact) mass is 319 g/mol. The summed E-state index contributed by atoms with van der Waals surface area (Å²) in [5.41, 5.74) is 0.188. The lowest BCUT2D eigenvalue weighted by Gasteiger charge is -2.07. The fourth-order valence-electron chi connectivity index (χ4n) is 2.66. The Bertz CT molecular complexity index is 998. The van der Waals surface area contributed by atoms with Gasteiger partial charge in [-0.2, -0.15) is 13.2 Å². The average molecular weight is 319 g/mol. The molecular formula is C15H5F4N3O. The fraction of sp³-hybridized carbons (Fsp3) is 0.0667. The molecule has 3 aromatic rings. The number of fused-ring (bicyclic) bond motifs is 5. The normalized spacial score (nSPS) is 13.3. The van der Waals surface area contributed by atoms with Gasteiger partial charge in [-0.15, -0.1) is 0 Å². The molecule has 0 saturated carbocycles. The Balaban J connectivity index is 2.08. The highest BCUT2D eigenvalue weighted by atomic mass is 19.4. The van der Waals surface area contributed by atoms with Crippen molar-refractivity contribution >= 4 is 16.7 Å². The van der Waals surface area contributed by atoms with E-state index in [9.17, 15) is 22.4 Å². The number of pyridine rings is 1. The quantitative estimate of drug-likeness (QED) is 0.466. The Kier molecular flexibility index (Phi) is 2.58. The highest BCUT2D eigenvalue weighted by Crippen LogP contribution is 2.41. The van der Waals surface area contributed by atoms with Gasteiger partial charge >= 0.3 is 6.18 Å². The van der Waals surface area contributed by atoms with Gasteiger partial charge in [-0.25, -0.2) is 14.4 Å². The molecule has 4 rings (SSSR count). The second-order valence-corrected chi connectivity index (χ2v) is 4.96. The first kappa shape index (κ1) is 13.7. The molecule has 1 aliphatic carbocycles. The second kappa shape index (κ2) is 4.31. The zero-order valence-electron chi connectivity index (χ0n) is 11.1. The van der Waals surface area contributed by atoms with Gasteiger partial charge in [0.1, 0.15) is 11.5 Å². The third-order valence-corrected chi connectivity index (χ3v) is 3.62. The highest BCUT2D eigenvalue weighted by Gasteiger charge is 2.39. The predicted octanol–water partition coefficient (Wildman–Crippen LogP) is 3.39. The van der Waals surface area contributed by atoms with E-state index in [-0.39, 0.29) is 27.8 Å². The van der Waals surface area contributed by atoms with Gasteiger partial charge in [0.15, 0.2) is 0 Å². The van der Waals surface area contributed by atoms with Crippen LogP contribution in [0.4, 0.5) is 17.6 Å². The molecule has 0 aliphatic heterocycles. The summed E-state index contributed by atoms with van der Waals surface area (Å²) in [6.07, 6.45) is -2.65. The van der Waals surface area contributed by atoms with Gasteiger partial charge in [0.2, 0.25) is 11.6 Å². The lowest BCUT2D eigenvalue weighted by molar-refractivity contribution is -0.145. The number of hydrogen-bond acceptors (Lipinski definition) is 4. The molecule has 0 spiro atoms. The van der Waals surface area contributed by atoms with E-state index in [0.717, 1.165) is 6.20 Å². The minimum Gasteiger partial charge on any atom is -0.287 e. The summed E-state index contributed by atoms with van der Waals surface area (Å²) in [5.74, 6) is -2.75. The summed E-state index contributed by atoms with van der Waals surface area (Å²) in [5, 5.41) is 0.0699. The minimum absolute atomic E-state index is 0.0197. The van der Waals surface area contributed by atoms with Gasteiger partial charge in [-0.05, 0) is 12.1 Å². The zero-order chi connectivity index (χ0) is 16.4. The third-order valence-electron chi connectivity index (χ3n) is 3.62. The van der Waals surface area contributed by atoms with Crippen LogP contribution in [0.25, 0.3) is 22.0 Å². The maximum atomic E-state index is 14.2. The van der Waals surface area contributed by atoms with E-state index in [1.807, 2.05) is 0 Å². The number of alkyl halides is 3. The summed E-state index contributed by atoms with van der Waals surface area (Å²) >= 11 is 0. The SMILES string of the molecule is O=C1c2cnc3cccc(F)c3c2-c2cnc(C(F)(F)F)nc21. The first-order valence-electron chi connectivity index (χ1n) is 6.44. The summed E-state index contributed by atoms with van der Waals surface area (Å²) in [4.78, 5) is 22.9. The van der Waals surface area contributed by atoms with Gasteiger partial charge < -0.3 is 0 Å². The van der Waals surface area contributed by atoms with Crippen LogP contribution in [0.3, 0.4) is 0 Å². The number of ketones is 1. The van der Waals surface area contributed by atoms with Crippen molar-refractivity contribution in [1.29, 1.82) is 0 Å². The Labute approximate surface area is 125 Å². The molecule has 0 radical (unpaired) electrons. The number of aromatic nitrogens is 3. The molecule has 4 nitrogen and oxygen atoms in total. The maximum Gasteiger partial charge on any atom is 0.451 e. The largest absolute Gasteiger partial charge is 0.451 e. The fourth-order valence-corrected chi connectivity index (χ4v) is 2.66. The van der Waals surface area contributed by atoms with Gasteiger partial charge in [0.05, 0.1) is 11.1 Å². The van der Waals surface area contributed by atoms with Crippen molar-refractivity contribution in [2.24, 2.45) is 0 Å². The Morgan fingerprint density at radius 2 is 1.74 bits per heavy atom. The van der Waals surface area contributed by atoms with E-state index in [1.165, 1.54) is 18.3 Å². The summed E-state index contributed by atoms with van der Waals surface area (Å²) < 4.78 is 52.3. The lowest BCUT2D eigenvalue weighted by Crippen LogP contribution is -2.13. The molecule has 0 amide bonds. The molecule has 8 heteroatoms. The second-order valence-electron chi connectivity index (χ2n) is 4.96. The van der Waals surface area contributed by atoms with Crippen LogP contribution in [0.1, 0.15) is 21.9 Å². The number of rotatable bonds is 0. The summed E-state index contributed by atoms with van der Waals surface area (Å²) in [7, 11) is 0. The van der Waals surface area contributed by atoms with Crippen LogP contribution in [0.2, 0.25) is 0 Å². The summed E-state index contributed by atoms with van der Waals surface area (Å²) in [6.45, 7) is 0. The first-order valence-corrected chi connectivity index (χ1v) is 6.44. The number of benzene rings is 1. The van der Waals surface area contributed by atoms with Crippen LogP contribution in [-0.4, -0.2) is 20.7 Å². The highest BCUT2D eigenvalue weighted by molar-refractivity contribution is 6.24. The van der Waals surface area contributed by atoms with E-state index in [1.54, 1.807) is 6.07 Å². The van der Waals surface area contributed by atoms with Gasteiger partial charge in [-0.1, -0.05) is 6.07 Å². The van der Waals surface area contributed by atoms with E-state index in [4.69, 9.17) is 0 Å². The van der Waals surface area contributed by atoms with Gasteiger partial charge in [-0.3, -0.25) is 9.78 Å². The standard InChI is InChI=1S/C15H5F4N3O/c16-8-2-1-3-9-11(8)10-6-4-21-14(15(17,18)19)22-12(6)13(23)7(10)5-20-9/h1-5H. The molecule has 1 aliphatic rings. The first-order chi connectivity index (χ1) is 10.9. The molecule has 0 atom stereocenters. The minimum atomic E-state index is -4.77. The number of halogens is 4. The number of carbonyl (C=O) groups excluding carboxylic acids is 1. The van der Waals surface area contributed by atoms with Crippen molar-refractivity contribution in [2.75, 3.05) is 0 Å². The van der Waals surface area contributed by atoms with Crippen molar-refractivity contribution in [1.82, 2.24) is 15.0 Å². The number of carbonyl (C=O) groups is 1. The number of nitrogens with zero attached hydrogens (tertiary/aromatic N) is 3. The topological polar surface area (TPSA) is 55.7 Å². The van der Waals surface area contributed by atoms with Crippen LogP contribution in [0, 0.1) is 5.82 Å². The molecule has 0 fully saturated rings. The van der Waals surface area contributed by atoms with E-state index in [0.29, 0.717) is 5.52 Å². The molecule has 2 heterocycles. The molecule has 0 unspecified atom stereocenters. The van der Waals surface area contributed by atoms with Gasteiger partial charge in [0.25, 0.3) is 0 Å². The molecule has 114 valence electrons. The van der Waals surface area contributed by atoms with Crippen molar-refractivity contribution in [3.05, 3.63) is 53.5 Å². The van der Waals surface area contributed by atoms with Crippen molar-refractivity contribution < 1.29 is 22.4 Å². The number of hydrogen-bond donors (Lipinski definition) is 0. The molecule has 2 aromatic heterocycles. The predicted molar refractivity (Wildman–Crippen MR) is 71.2 cm³/mol. The van der Waals surface area contributed by atoms with Crippen LogP contribution in [-0.2, 0) is 6.18 Å². The van der Waals surface area contributed by atoms with Crippen molar-refractivity contribution in [2.45, 2.75) is 6.18 Å². The Hall–Kier alpha value is -2.90. The van der Waals surface area contributed by atoms with E-state index < -0.39 is 23.6 Å². The molecular weight excluding hydrogens is 314 g/mol. The van der Waals surface area contributed by atoms with Crippen LogP contribution in [0.5, 0.6) is 0 Å². The van der Waals surface area contributed by atoms with Crippen LogP contribution in [0.15, 0.2) is 30.6 Å². The molecule has 0 N–H and O–H groups in total.